The van der Waals surface area contributed by atoms with Crippen LogP contribution in [0.5, 0.6) is 0 Å². The molecule has 434 valence electrons. The second-order valence-electron chi connectivity index (χ2n) is 21.6. The van der Waals surface area contributed by atoms with Gasteiger partial charge < -0.3 is 63.6 Å². The molecule has 0 saturated carbocycles. The monoisotopic (exact) mass is 1100 g/mol. The van der Waals surface area contributed by atoms with Crippen LogP contribution in [0.4, 0.5) is 0 Å². The van der Waals surface area contributed by atoms with E-state index >= 15 is 0 Å². The van der Waals surface area contributed by atoms with Crippen molar-refractivity contribution in [2.75, 3.05) is 6.61 Å². The van der Waals surface area contributed by atoms with Crippen LogP contribution in [0, 0.1) is 23.7 Å². The largest absolute Gasteiger partial charge is 0.480 e. The molecule has 21 heteroatoms. The standard InChI is InChI=1S/C58H85N9O12/c1-10-36(8)48(56(76)65-47(32-68)58(78)79)66-55(75)46(31-40-24-18-13-19-25-40)64-57(77)49(37(9)69)67-54(74)43(28-35(6)7)62-53(73)45(30-39-22-16-12-17-23-39)63-51(71)42(27-34(4)5)61-52(72)44(29-38-20-14-11-15-21-38)60-50(70)41(59)26-33(2)3/h11-25,33-37,41-49,68-69H,10,26-32,59H2,1-9H3,(H,60,70)(H,61,72)(H,62,73)(H,63,71)(H,64,77)(H,65,76)(H,66,75)(H,67,74)(H,78,79)/t36-,37+,41-,42-,43-,44-,45-,46-,47-,48-,49-/m0/s1. The maximum absolute atomic E-state index is 14.6. The van der Waals surface area contributed by atoms with Gasteiger partial charge in [0.2, 0.25) is 47.3 Å². The lowest BCUT2D eigenvalue weighted by Gasteiger charge is -2.30. The molecule has 0 bridgehead atoms. The Bertz CT molecular complexity index is 2450. The molecule has 0 aliphatic heterocycles. The van der Waals surface area contributed by atoms with Crippen LogP contribution in [0.1, 0.15) is 105 Å². The number of nitrogens with one attached hydrogen (secondary N) is 8. The molecule has 0 aromatic heterocycles. The summed E-state index contributed by atoms with van der Waals surface area (Å²) >= 11 is 0. The maximum atomic E-state index is 14.6. The lowest BCUT2D eigenvalue weighted by molar-refractivity contribution is -0.143. The number of rotatable bonds is 33. The van der Waals surface area contributed by atoms with Crippen LogP contribution in [-0.4, -0.2) is 136 Å². The topological polar surface area (TPSA) is 337 Å². The first-order valence-corrected chi connectivity index (χ1v) is 27.2. The molecule has 3 aromatic carbocycles. The SMILES string of the molecule is CC[C@H](C)[C@H](NC(=O)[C@H](Cc1ccccc1)NC(=O)[C@@H](NC(=O)[C@H](CC(C)C)NC(=O)[C@H](Cc1ccccc1)NC(=O)[C@H](CC(C)C)NC(=O)[C@H](Cc1ccccc1)NC(=O)[C@@H](N)CC(C)C)[C@@H](C)O)C(=O)N[C@@H](CO)C(=O)O. The van der Waals surface area contributed by atoms with E-state index in [1.165, 1.54) is 6.92 Å². The van der Waals surface area contributed by atoms with Gasteiger partial charge in [-0.25, -0.2) is 4.79 Å². The third-order valence-corrected chi connectivity index (χ3v) is 13.1. The fraction of sp³-hybridized carbons (Fsp3) is 0.534. The molecule has 0 saturated heterocycles. The summed E-state index contributed by atoms with van der Waals surface area (Å²) in [6.45, 7) is 14.9. The second kappa shape index (κ2) is 33.3. The summed E-state index contributed by atoms with van der Waals surface area (Å²) < 4.78 is 0. The Kier molecular flexibility index (Phi) is 27.8. The van der Waals surface area contributed by atoms with Crippen LogP contribution in [0.15, 0.2) is 91.0 Å². The summed E-state index contributed by atoms with van der Waals surface area (Å²) in [5.74, 6) is -8.61. The predicted octanol–water partition coefficient (Wildman–Crippen LogP) is 1.56. The first kappa shape index (κ1) is 66.1. The van der Waals surface area contributed by atoms with E-state index in [4.69, 9.17) is 5.73 Å². The maximum Gasteiger partial charge on any atom is 0.328 e. The van der Waals surface area contributed by atoms with Gasteiger partial charge in [-0.1, -0.05) is 153 Å². The van der Waals surface area contributed by atoms with Crippen LogP contribution in [0.3, 0.4) is 0 Å². The molecule has 13 N–H and O–H groups in total. The number of carboxylic acid groups (broad SMARTS) is 1. The Balaban J connectivity index is 1.94. The lowest BCUT2D eigenvalue weighted by atomic mass is 9.96. The number of carbonyl (C=O) groups is 9. The summed E-state index contributed by atoms with van der Waals surface area (Å²) in [4.78, 5) is 124. The zero-order chi connectivity index (χ0) is 58.9. The summed E-state index contributed by atoms with van der Waals surface area (Å²) in [5, 5.41) is 51.2. The minimum absolute atomic E-state index is 0.0240. The van der Waals surface area contributed by atoms with Gasteiger partial charge in [-0.2, -0.15) is 0 Å². The molecule has 3 aromatic rings. The van der Waals surface area contributed by atoms with Crippen LogP contribution < -0.4 is 48.3 Å². The molecule has 0 unspecified atom stereocenters. The zero-order valence-corrected chi connectivity index (χ0v) is 47.0. The Morgan fingerprint density at radius 2 is 0.722 bits per heavy atom. The number of aliphatic carboxylic acids is 1. The molecular weight excluding hydrogens is 1010 g/mol. The van der Waals surface area contributed by atoms with Gasteiger partial charge in [0.25, 0.3) is 0 Å². The van der Waals surface area contributed by atoms with Crippen LogP contribution in [0.25, 0.3) is 0 Å². The van der Waals surface area contributed by atoms with Crippen molar-refractivity contribution in [2.45, 2.75) is 168 Å². The number of carboxylic acids is 1. The van der Waals surface area contributed by atoms with E-state index in [-0.39, 0.29) is 49.9 Å². The summed E-state index contributed by atoms with van der Waals surface area (Å²) in [6, 6.07) is 14.4. The van der Waals surface area contributed by atoms with Crippen molar-refractivity contribution in [3.8, 4) is 0 Å². The lowest BCUT2D eigenvalue weighted by Crippen LogP contribution is -2.62. The van der Waals surface area contributed by atoms with Gasteiger partial charge in [0, 0.05) is 19.3 Å². The van der Waals surface area contributed by atoms with Crippen LogP contribution >= 0.6 is 0 Å². The average Bonchev–Trinajstić information content (AvgIpc) is 3.41. The molecule has 8 amide bonds. The van der Waals surface area contributed by atoms with Gasteiger partial charge in [0.15, 0.2) is 0 Å². The highest BCUT2D eigenvalue weighted by atomic mass is 16.4. The van der Waals surface area contributed by atoms with Gasteiger partial charge in [0.1, 0.15) is 48.3 Å². The number of hydrogen-bond acceptors (Lipinski definition) is 12. The van der Waals surface area contributed by atoms with Gasteiger partial charge in [0.05, 0.1) is 18.8 Å². The third-order valence-electron chi connectivity index (χ3n) is 13.1. The summed E-state index contributed by atoms with van der Waals surface area (Å²) in [6.07, 6.45) is -0.764. The fourth-order valence-corrected chi connectivity index (χ4v) is 8.62. The van der Waals surface area contributed by atoms with E-state index in [9.17, 15) is 58.5 Å². The molecule has 0 radical (unpaired) electrons. The molecule has 0 fully saturated rings. The number of carbonyl (C=O) groups excluding carboxylic acids is 8. The number of aliphatic hydroxyl groups excluding tert-OH is 2. The predicted molar refractivity (Wildman–Crippen MR) is 298 cm³/mol. The van der Waals surface area contributed by atoms with E-state index in [1.54, 1.807) is 113 Å². The van der Waals surface area contributed by atoms with Gasteiger partial charge in [-0.3, -0.25) is 38.4 Å². The molecule has 0 aliphatic rings. The molecule has 3 rings (SSSR count). The van der Waals surface area contributed by atoms with Crippen molar-refractivity contribution >= 4 is 53.2 Å². The highest BCUT2D eigenvalue weighted by Gasteiger charge is 2.37. The van der Waals surface area contributed by atoms with Crippen LogP contribution in [0.2, 0.25) is 0 Å². The minimum atomic E-state index is -1.71. The van der Waals surface area contributed by atoms with Crippen molar-refractivity contribution in [1.29, 1.82) is 0 Å². The van der Waals surface area contributed by atoms with Crippen molar-refractivity contribution in [2.24, 2.45) is 29.4 Å². The van der Waals surface area contributed by atoms with Crippen molar-refractivity contribution in [3.63, 3.8) is 0 Å². The molecule has 11 atom stereocenters. The van der Waals surface area contributed by atoms with E-state index in [2.05, 4.69) is 42.5 Å². The van der Waals surface area contributed by atoms with Crippen molar-refractivity contribution in [3.05, 3.63) is 108 Å². The second-order valence-corrected chi connectivity index (χ2v) is 21.6. The molecule has 0 heterocycles. The van der Waals surface area contributed by atoms with Crippen molar-refractivity contribution in [1.82, 2.24) is 42.5 Å². The Hall–Kier alpha value is -7.23. The number of amides is 8. The normalized spacial score (nSPS) is 15.5. The van der Waals surface area contributed by atoms with E-state index in [0.29, 0.717) is 24.0 Å². The molecule has 79 heavy (non-hydrogen) atoms. The zero-order valence-electron chi connectivity index (χ0n) is 47.0. The third kappa shape index (κ3) is 22.9. The molecule has 0 aliphatic carbocycles. The number of aliphatic hydroxyl groups is 2. The van der Waals surface area contributed by atoms with Crippen LogP contribution in [-0.2, 0) is 62.4 Å². The quantitative estimate of drug-likeness (QED) is 0.0413. The van der Waals surface area contributed by atoms with E-state index in [0.717, 1.165) is 5.56 Å². The first-order valence-electron chi connectivity index (χ1n) is 27.2. The Labute approximate surface area is 464 Å². The number of nitrogens with two attached hydrogens (primary N) is 1. The van der Waals surface area contributed by atoms with Gasteiger partial charge in [-0.15, -0.1) is 0 Å². The Morgan fingerprint density at radius 1 is 0.418 bits per heavy atom. The van der Waals surface area contributed by atoms with E-state index < -0.39 is 126 Å². The number of benzene rings is 3. The van der Waals surface area contributed by atoms with E-state index in [1.807, 2.05) is 33.8 Å². The van der Waals surface area contributed by atoms with Gasteiger partial charge >= 0.3 is 5.97 Å². The molecule has 0 spiro atoms. The smallest absolute Gasteiger partial charge is 0.328 e. The summed E-state index contributed by atoms with van der Waals surface area (Å²) in [7, 11) is 0. The highest BCUT2D eigenvalue weighted by molar-refractivity contribution is 5.98. The Morgan fingerprint density at radius 3 is 1.08 bits per heavy atom. The number of hydrogen-bond donors (Lipinski definition) is 12. The molecular formula is C58H85N9O12. The minimum Gasteiger partial charge on any atom is -0.480 e. The summed E-state index contributed by atoms with van der Waals surface area (Å²) in [5.41, 5.74) is 8.19. The van der Waals surface area contributed by atoms with Crippen molar-refractivity contribution < 1.29 is 58.5 Å². The molecule has 21 nitrogen and oxygen atoms in total. The fourth-order valence-electron chi connectivity index (χ4n) is 8.62. The highest BCUT2D eigenvalue weighted by Crippen LogP contribution is 2.15. The van der Waals surface area contributed by atoms with Gasteiger partial charge in [-0.05, 0) is 66.5 Å². The average molecular weight is 1100 g/mol. The first-order chi connectivity index (χ1) is 37.3.